The Morgan fingerprint density at radius 1 is 1.02 bits per heavy atom. The van der Waals surface area contributed by atoms with Gasteiger partial charge in [0.05, 0.1) is 12.5 Å². The Kier molecular flexibility index (Phi) is 7.34. The molecule has 0 heterocycles. The van der Waals surface area contributed by atoms with E-state index in [1.165, 1.54) is 6.07 Å². The number of aryl methyl sites for hydroxylation is 2. The first-order valence-electron chi connectivity index (χ1n) is 13.8. The van der Waals surface area contributed by atoms with Crippen LogP contribution in [0.5, 0.6) is 11.5 Å². The van der Waals surface area contributed by atoms with Gasteiger partial charge in [0.15, 0.2) is 5.60 Å². The highest BCUT2D eigenvalue weighted by molar-refractivity contribution is 5.83. The monoisotopic (exact) mass is 545 g/mol. The van der Waals surface area contributed by atoms with Crippen LogP contribution in [-0.2, 0) is 20.7 Å². The van der Waals surface area contributed by atoms with Crippen LogP contribution in [0.2, 0.25) is 0 Å². The first kappa shape index (κ1) is 27.7. The van der Waals surface area contributed by atoms with Crippen molar-refractivity contribution in [2.45, 2.75) is 71.5 Å². The molecule has 0 aromatic heterocycles. The van der Waals surface area contributed by atoms with Crippen molar-refractivity contribution in [2.24, 2.45) is 11.7 Å². The Balaban J connectivity index is 1.36. The lowest BCUT2D eigenvalue weighted by Crippen LogP contribution is -2.43. The maximum absolute atomic E-state index is 15.2. The molecule has 2 aliphatic rings. The number of rotatable bonds is 9. The number of esters is 1. The average Bonchev–Trinajstić information content (AvgIpc) is 3.58. The quantitative estimate of drug-likeness (QED) is 0.311. The topological polar surface area (TPSA) is 87.8 Å². The number of nitrogens with two attached hydrogens (primary N) is 1. The highest BCUT2D eigenvalue weighted by atomic mass is 19.1. The van der Waals surface area contributed by atoms with Gasteiger partial charge in [0, 0.05) is 5.56 Å². The number of carbonyl (C=O) groups is 2. The lowest BCUT2D eigenvalue weighted by atomic mass is 9.90. The minimum absolute atomic E-state index is 0.0665. The van der Waals surface area contributed by atoms with Gasteiger partial charge in [0.25, 0.3) is 5.91 Å². The van der Waals surface area contributed by atoms with Crippen molar-refractivity contribution in [3.8, 4) is 22.6 Å². The lowest BCUT2D eigenvalue weighted by Gasteiger charge is -2.24. The van der Waals surface area contributed by atoms with Crippen LogP contribution < -0.4 is 15.2 Å². The maximum Gasteiger partial charge on any atom is 0.309 e. The van der Waals surface area contributed by atoms with E-state index in [1.807, 2.05) is 63.2 Å². The molecule has 0 radical (unpaired) electrons. The van der Waals surface area contributed by atoms with Crippen molar-refractivity contribution < 1.29 is 28.2 Å². The zero-order valence-corrected chi connectivity index (χ0v) is 23.7. The first-order chi connectivity index (χ1) is 19.0. The molecule has 1 saturated carbocycles. The summed E-state index contributed by atoms with van der Waals surface area (Å²) in [5.41, 5.74) is 10.9. The maximum atomic E-state index is 15.2. The van der Waals surface area contributed by atoms with Crippen molar-refractivity contribution in [1.82, 2.24) is 0 Å². The highest BCUT2D eigenvalue weighted by Crippen LogP contribution is 2.49. The molecular formula is C33H36FNO5. The molecule has 6 nitrogen and oxygen atoms in total. The molecule has 3 aromatic carbocycles. The fraction of sp³-hybridized carbons (Fsp3) is 0.394. The molecule has 1 amide bonds. The molecule has 0 spiro atoms. The van der Waals surface area contributed by atoms with Gasteiger partial charge in [-0.25, -0.2) is 4.39 Å². The van der Waals surface area contributed by atoms with Crippen molar-refractivity contribution in [1.29, 1.82) is 0 Å². The van der Waals surface area contributed by atoms with Gasteiger partial charge in [0.2, 0.25) is 0 Å². The van der Waals surface area contributed by atoms with Gasteiger partial charge in [-0.15, -0.1) is 0 Å². The normalized spacial score (nSPS) is 19.6. The Bertz CT molecular complexity index is 1440. The molecule has 0 saturated heterocycles. The number of benzene rings is 3. The summed E-state index contributed by atoms with van der Waals surface area (Å²) in [7, 11) is 0. The summed E-state index contributed by atoms with van der Waals surface area (Å²) >= 11 is 0. The minimum Gasteiger partial charge on any atom is -0.486 e. The Morgan fingerprint density at radius 2 is 1.70 bits per heavy atom. The Hall–Kier alpha value is -3.87. The van der Waals surface area contributed by atoms with Crippen LogP contribution in [0.25, 0.3) is 11.1 Å². The van der Waals surface area contributed by atoms with E-state index in [4.69, 9.17) is 19.9 Å². The standard InChI is InChI=1S/C33H36FNO5/c1-6-38-31(36)26-17-25(26)20-7-9-21(10-8-20)39-28-14-12-24-23(11-13-27(34)30(24)28)29-18(2)15-22(16-19(29)3)40-33(4,5)32(35)37/h7-11,13,15-16,25-26,28H,6,12,14,17H2,1-5H3,(H2,35,37)/t25-,26+,28-/m1/s1. The van der Waals surface area contributed by atoms with Crippen LogP contribution in [0.3, 0.4) is 0 Å². The second-order valence-electron chi connectivity index (χ2n) is 11.3. The number of amides is 1. The number of hydrogen-bond donors (Lipinski definition) is 1. The molecule has 0 aliphatic heterocycles. The third-order valence-corrected chi connectivity index (χ3v) is 7.99. The van der Waals surface area contributed by atoms with Crippen molar-refractivity contribution >= 4 is 11.9 Å². The van der Waals surface area contributed by atoms with E-state index < -0.39 is 17.6 Å². The SMILES string of the molecule is CCOC(=O)[C@H]1C[C@@H]1c1ccc(O[C@@H]2CCc3c(-c4c(C)cc(OC(C)(C)C(N)=O)cc4C)ccc(F)c32)cc1. The molecule has 2 N–H and O–H groups in total. The lowest BCUT2D eigenvalue weighted by molar-refractivity contribution is -0.144. The van der Waals surface area contributed by atoms with E-state index >= 15 is 4.39 Å². The molecule has 7 heteroatoms. The second kappa shape index (κ2) is 10.6. The second-order valence-corrected chi connectivity index (χ2v) is 11.3. The zero-order chi connectivity index (χ0) is 28.8. The fourth-order valence-corrected chi connectivity index (χ4v) is 5.81. The number of fused-ring (bicyclic) bond motifs is 1. The summed E-state index contributed by atoms with van der Waals surface area (Å²) in [6, 6.07) is 14.9. The molecule has 2 aliphatic carbocycles. The molecule has 0 bridgehead atoms. The number of hydrogen-bond acceptors (Lipinski definition) is 5. The summed E-state index contributed by atoms with van der Waals surface area (Å²) in [6.07, 6.45) is 1.77. The third kappa shape index (κ3) is 5.29. The molecule has 1 fully saturated rings. The van der Waals surface area contributed by atoms with Crippen molar-refractivity contribution in [3.63, 3.8) is 0 Å². The van der Waals surface area contributed by atoms with Crippen molar-refractivity contribution in [3.05, 3.63) is 82.2 Å². The zero-order valence-electron chi connectivity index (χ0n) is 23.7. The molecule has 5 rings (SSSR count). The molecule has 40 heavy (non-hydrogen) atoms. The predicted molar refractivity (Wildman–Crippen MR) is 151 cm³/mol. The molecule has 3 aromatic rings. The molecule has 0 unspecified atom stereocenters. The first-order valence-corrected chi connectivity index (χ1v) is 13.8. The largest absolute Gasteiger partial charge is 0.486 e. The summed E-state index contributed by atoms with van der Waals surface area (Å²) in [5.74, 6) is 0.401. The van der Waals surface area contributed by atoms with Gasteiger partial charge in [-0.2, -0.15) is 0 Å². The Morgan fingerprint density at radius 3 is 2.33 bits per heavy atom. The van der Waals surface area contributed by atoms with Crippen LogP contribution in [0.15, 0.2) is 48.5 Å². The van der Waals surface area contributed by atoms with E-state index in [-0.39, 0.29) is 23.6 Å². The summed E-state index contributed by atoms with van der Waals surface area (Å²) in [4.78, 5) is 23.7. The minimum atomic E-state index is -1.14. The van der Waals surface area contributed by atoms with Crippen LogP contribution in [0, 0.1) is 25.6 Å². The average molecular weight is 546 g/mol. The van der Waals surface area contributed by atoms with Gasteiger partial charge in [-0.05, 0) is 124 Å². The summed E-state index contributed by atoms with van der Waals surface area (Å²) < 4.78 is 32.6. The van der Waals surface area contributed by atoms with Gasteiger partial charge in [0.1, 0.15) is 23.4 Å². The number of halogens is 1. The van der Waals surface area contributed by atoms with Crippen molar-refractivity contribution in [2.75, 3.05) is 6.61 Å². The summed E-state index contributed by atoms with van der Waals surface area (Å²) in [6.45, 7) is 9.46. The van der Waals surface area contributed by atoms with Gasteiger partial charge in [-0.3, -0.25) is 9.59 Å². The van der Waals surface area contributed by atoms with Gasteiger partial charge >= 0.3 is 5.97 Å². The molecule has 210 valence electrons. The molecular weight excluding hydrogens is 509 g/mol. The van der Waals surface area contributed by atoms with Gasteiger partial charge < -0.3 is 19.9 Å². The third-order valence-electron chi connectivity index (χ3n) is 7.99. The fourth-order valence-electron chi connectivity index (χ4n) is 5.81. The molecule has 3 atom stereocenters. The van der Waals surface area contributed by atoms with E-state index in [1.54, 1.807) is 13.8 Å². The highest BCUT2D eigenvalue weighted by Gasteiger charge is 2.45. The van der Waals surface area contributed by atoms with E-state index in [9.17, 15) is 9.59 Å². The van der Waals surface area contributed by atoms with E-state index in [0.29, 0.717) is 36.5 Å². The van der Waals surface area contributed by atoms with Gasteiger partial charge in [-0.1, -0.05) is 18.2 Å². The van der Waals surface area contributed by atoms with Crippen LogP contribution >= 0.6 is 0 Å². The Labute approximate surface area is 234 Å². The van der Waals surface area contributed by atoms with Crippen LogP contribution in [0.4, 0.5) is 4.39 Å². The summed E-state index contributed by atoms with van der Waals surface area (Å²) in [5, 5.41) is 0. The predicted octanol–water partition coefficient (Wildman–Crippen LogP) is 6.49. The van der Waals surface area contributed by atoms with E-state index in [2.05, 4.69) is 0 Å². The number of carbonyl (C=O) groups excluding carboxylic acids is 2. The number of primary amides is 1. The smallest absolute Gasteiger partial charge is 0.309 e. The van der Waals surface area contributed by atoms with Crippen LogP contribution in [0.1, 0.15) is 73.5 Å². The van der Waals surface area contributed by atoms with Crippen LogP contribution in [-0.4, -0.2) is 24.1 Å². The van der Waals surface area contributed by atoms with E-state index in [0.717, 1.165) is 39.8 Å². The number of ether oxygens (including phenoxy) is 3.